The van der Waals surface area contributed by atoms with Gasteiger partial charge in [0.15, 0.2) is 0 Å². The van der Waals surface area contributed by atoms with E-state index in [-0.39, 0.29) is 257 Å². The predicted molar refractivity (Wildman–Crippen MR) is 525 cm³/mol. The van der Waals surface area contributed by atoms with E-state index in [1.54, 1.807) is 95.9 Å². The summed E-state index contributed by atoms with van der Waals surface area (Å²) in [7, 11) is 9.32. The molecule has 12 aromatic carbocycles. The fourth-order valence-corrected chi connectivity index (χ4v) is 14.3. The summed E-state index contributed by atoms with van der Waals surface area (Å²) in [6, 6.07) is 79.0. The molecule has 0 saturated carbocycles. The Morgan fingerprint density at radius 3 is 0.826 bits per heavy atom. The minimum atomic E-state index is -0.481. The molecule has 0 aliphatic carbocycles. The summed E-state index contributed by atoms with van der Waals surface area (Å²) in [6.07, 6.45) is 0. The van der Waals surface area contributed by atoms with Gasteiger partial charge in [-0.2, -0.15) is 122 Å². The van der Waals surface area contributed by atoms with Gasteiger partial charge in [-0.05, 0) is 180 Å². The third kappa shape index (κ3) is 32.1. The Balaban J connectivity index is 0.000000240. The number of halogens is 2. The van der Waals surface area contributed by atoms with E-state index in [0.29, 0.717) is 86.6 Å². The summed E-state index contributed by atoms with van der Waals surface area (Å²) in [5, 5.41) is 55.4. The largest absolute Gasteiger partial charge is 0.515 e. The van der Waals surface area contributed by atoms with Gasteiger partial charge >= 0.3 is 34.1 Å². The Kier molecular flexibility index (Phi) is 49.1. The van der Waals surface area contributed by atoms with Gasteiger partial charge < -0.3 is 28.4 Å². The van der Waals surface area contributed by atoms with Crippen LogP contribution in [-0.4, -0.2) is 119 Å². The van der Waals surface area contributed by atoms with Crippen molar-refractivity contribution >= 4 is 17.3 Å². The maximum atomic E-state index is 13.4. The number of nitriles is 1. The van der Waals surface area contributed by atoms with E-state index in [2.05, 4.69) is 104 Å². The summed E-state index contributed by atoms with van der Waals surface area (Å²) in [5.74, 6) is 3.34. The van der Waals surface area contributed by atoms with Crippen LogP contribution in [-0.2, 0) is 278 Å². The molecule has 0 amide bonds. The Hall–Kier alpha value is -11.5. The maximum absolute atomic E-state index is 13.4. The van der Waals surface area contributed by atoms with Crippen molar-refractivity contribution in [2.24, 2.45) is 42.3 Å². The Morgan fingerprint density at radius 2 is 0.564 bits per heavy atom. The molecule has 6 radical (unpaired) electrons. The van der Waals surface area contributed by atoms with Crippen molar-refractivity contribution in [2.75, 3.05) is 0 Å². The number of nitrogens with zero attached hydrogens (tertiary/aromatic N) is 26. The first kappa shape index (κ1) is 124. The van der Waals surface area contributed by atoms with Crippen LogP contribution in [0.3, 0.4) is 0 Å². The number of hydrogen-bond acceptors (Lipinski definition) is 25. The molecule has 6 aromatic heterocycles. The van der Waals surface area contributed by atoms with Crippen LogP contribution >= 0.6 is 11.6 Å². The van der Waals surface area contributed by atoms with Gasteiger partial charge in [0.2, 0.25) is 0 Å². The van der Waals surface area contributed by atoms with Crippen molar-refractivity contribution in [1.82, 2.24) is 119 Å². The van der Waals surface area contributed by atoms with E-state index in [4.69, 9.17) is 51.9 Å². The van der Waals surface area contributed by atoms with Crippen LogP contribution in [0.4, 0.5) is 10.1 Å². The van der Waals surface area contributed by atoms with E-state index >= 15 is 0 Å². The number of ether oxygens (including phenoxy) is 6. The van der Waals surface area contributed by atoms with Gasteiger partial charge in [0.05, 0.1) is 46.4 Å². The zero-order valence-corrected chi connectivity index (χ0v) is 102. The molecule has 149 heavy (non-hydrogen) atoms. The maximum Gasteiger partial charge on any atom is 0.368 e. The Bertz CT molecular complexity index is 7850. The molecule has 0 bridgehead atoms. The van der Waals surface area contributed by atoms with E-state index in [1.807, 2.05) is 210 Å². The van der Waals surface area contributed by atoms with Crippen molar-refractivity contribution in [3.8, 4) is 74.7 Å². The predicted octanol–water partition coefficient (Wildman–Crippen LogP) is 12.7. The van der Waals surface area contributed by atoms with Gasteiger partial charge in [0.25, 0.3) is 0 Å². The van der Waals surface area contributed by atoms with Crippen LogP contribution in [0.15, 0.2) is 229 Å². The number of tetrazole rings is 6. The molecule has 0 atom stereocenters. The molecule has 748 valence electrons. The molecular weight excluding hydrogens is 2380 g/mol. The number of rotatable bonds is 24. The first-order valence-corrected chi connectivity index (χ1v) is 44.4. The minimum absolute atomic E-state index is 0. The van der Waals surface area contributed by atoms with Crippen molar-refractivity contribution in [2.45, 2.75) is 116 Å². The second-order valence-corrected chi connectivity index (χ2v) is 33.0. The molecule has 6 heterocycles. The van der Waals surface area contributed by atoms with Crippen LogP contribution in [0.5, 0.6) is 34.5 Å². The van der Waals surface area contributed by atoms with Gasteiger partial charge in [0.1, 0.15) is 39.6 Å². The topological polar surface area (TPSA) is 400 Å². The van der Waals surface area contributed by atoms with Crippen LogP contribution < -0.4 is 62.6 Å². The second kappa shape index (κ2) is 58.8. The summed E-state index contributed by atoms with van der Waals surface area (Å²) in [4.78, 5) is 76.1. The van der Waals surface area contributed by atoms with Crippen molar-refractivity contribution in [3.63, 3.8) is 0 Å². The first-order chi connectivity index (χ1) is 68.7. The number of aryl methyl sites for hydroxylation is 17. The molecule has 0 unspecified atom stereocenters. The number of aromatic nitrogens is 24. The quantitative estimate of drug-likeness (QED) is 0.0507. The Morgan fingerprint density at radius 1 is 0.315 bits per heavy atom. The van der Waals surface area contributed by atoms with Crippen LogP contribution in [0.25, 0.3) is 39.0 Å². The van der Waals surface area contributed by atoms with E-state index in [0.717, 1.165) is 111 Å². The summed E-state index contributed by atoms with van der Waals surface area (Å²) in [5.41, 5.74) is 18.4. The minimum Gasteiger partial charge on any atom is -0.515 e. The van der Waals surface area contributed by atoms with Gasteiger partial charge in [-0.1, -0.05) is 136 Å². The smallest absolute Gasteiger partial charge is 0.368 e. The average Bonchev–Trinajstić information content (AvgIpc) is 1.77. The molecule has 46 heteroatoms. The molecule has 18 rings (SSSR count). The van der Waals surface area contributed by atoms with Crippen LogP contribution in [0, 0.1) is 136 Å². The molecule has 0 N–H and O–H groups in total. The first-order valence-electron chi connectivity index (χ1n) is 44.1. The second-order valence-electron chi connectivity index (χ2n) is 32.5. The van der Waals surface area contributed by atoms with Gasteiger partial charge in [0, 0.05) is 312 Å². The third-order valence-electron chi connectivity index (χ3n) is 22.4. The van der Waals surface area contributed by atoms with Crippen molar-refractivity contribution < 1.29 is 229 Å². The molecule has 0 aliphatic heterocycles. The molecule has 0 aliphatic rings. The zero-order chi connectivity index (χ0) is 102. The summed E-state index contributed by atoms with van der Waals surface area (Å²) < 4.78 is 63.1. The number of benzene rings is 12. The van der Waals surface area contributed by atoms with E-state index in [1.165, 1.54) is 70.7 Å². The van der Waals surface area contributed by atoms with Crippen LogP contribution in [0.1, 0.15) is 100 Å². The normalized spacial score (nSPS) is 10.2. The number of hydrogen-bond donors (Lipinski definition) is 0. The van der Waals surface area contributed by atoms with Crippen LogP contribution in [0.2, 0.25) is 5.02 Å². The monoisotopic (exact) mass is 2480 g/mol. The molecule has 0 fully saturated rings. The third-order valence-corrected chi connectivity index (χ3v) is 22.6. The van der Waals surface area contributed by atoms with Crippen molar-refractivity contribution in [3.05, 3.63) is 422 Å². The average molecular weight is 2480 g/mol. The summed E-state index contributed by atoms with van der Waals surface area (Å²) in [6.45, 7) is 29.9. The fourth-order valence-electron chi connectivity index (χ4n) is 14.1. The molecule has 0 spiro atoms. The van der Waals surface area contributed by atoms with Gasteiger partial charge in [-0.15, -0.1) is 83.4 Å². The molecule has 0 saturated heterocycles. The van der Waals surface area contributed by atoms with Crippen molar-refractivity contribution in [1.29, 1.82) is 5.26 Å². The Labute approximate surface area is 1010 Å². The van der Waals surface area contributed by atoms with Gasteiger partial charge in [-0.25, -0.2) is 33.2 Å². The van der Waals surface area contributed by atoms with E-state index in [9.17, 15) is 33.2 Å². The fraction of sp³-hybridized carbons (Fsp3) is 0.223. The molecular formula is C103H96ClFN26O12Y6-6. The molecule has 18 aromatic rings. The van der Waals surface area contributed by atoms with E-state index < -0.39 is 5.82 Å². The van der Waals surface area contributed by atoms with Gasteiger partial charge in [-0.3, -0.25) is 10.1 Å². The molecule has 38 nitrogen and oxygen atoms in total. The summed E-state index contributed by atoms with van der Waals surface area (Å²) >= 11 is 5.98. The zero-order valence-electron chi connectivity index (χ0n) is 84.5. The standard InChI is InChI=1S/C18H16N5O2.C17H16ClN4O2.C17H16FN4O2.C17H14N5O2.2C17H17N4O2.6Y/c1-12-5-4-6-16(23-18(24)22(3)20-21-23)15(12)11-25-17-9-14(10-19)8-7-13(17)2;2*1-11-5-4-6-15(22-17(23)21(3)19-20-22)14(11)10-24-16-9-13(18)8-7-12(16)2;1-12-6-4-9-16(22-17(23)21(3)19-20-22)15(12)11-24-14-8-5-7-13(10-14)18-2;2*1-12-6-4-8-14(10-12)23-11-15-13(2)7-5-9-16(15)21-17(22)20(3)18-19-21;;;;;;/h4-7,9H,11H2,1-3H3;2*4-7,9H,10H2,1-3H3;4-6,8-10H,11H2,1,3H3;2*4-5,7-10H,11H2,1-3H3;;;;;;/q6*-1;;;;;;. The SMILES string of the molecule is Cc1[c-]ccc(OCc2c(C)cccc2-n2nnn(C)c2=O)c1.Cc1[c-]ccc(OCc2c(C)cccc2-n2nnn(C)c2=O)c1.Cc1c[c-]c(C#N)cc1OCc1c(C)cccc1-n1nnn(C)c1=O.Cc1c[c-]c(Cl)cc1OCc1c(C)cccc1-n1nnn(C)c1=O.Cc1c[c-]c(F)cc1OCc1c(C)cccc1-n1nnn(C)c1=O.[C-]#[N+]c1[c-]ccc(OCc2c(C)cccc2-n2nnn(C)c2=O)c1.[Y].[Y].[Y].[Y].[Y].[Y].